The Morgan fingerprint density at radius 3 is 2.70 bits per heavy atom. The highest BCUT2D eigenvalue weighted by Gasteiger charge is 2.21. The zero-order chi connectivity index (χ0) is 13.9. The van der Waals surface area contributed by atoms with Crippen LogP contribution < -0.4 is 0 Å². The van der Waals surface area contributed by atoms with Gasteiger partial charge in [-0.2, -0.15) is 0 Å². The van der Waals surface area contributed by atoms with Gasteiger partial charge in [-0.05, 0) is 28.2 Å². The topological polar surface area (TPSA) is 21.6 Å². The van der Waals surface area contributed by atoms with Crippen molar-refractivity contribution in [2.24, 2.45) is 10.9 Å². The Bertz CT molecular complexity index is 535. The minimum absolute atomic E-state index is 0.310. The number of aliphatic imine (C=N–C) groups is 1. The number of hydrogen-bond acceptors (Lipinski definition) is 6. The monoisotopic (exact) mass is 341 g/mol. The summed E-state index contributed by atoms with van der Waals surface area (Å²) in [6, 6.07) is 0.310. The molecule has 3 aliphatic heterocycles. The Morgan fingerprint density at radius 2 is 2.00 bits per heavy atom. The molecule has 0 amide bonds. The van der Waals surface area contributed by atoms with E-state index in [0.29, 0.717) is 18.6 Å². The summed E-state index contributed by atoms with van der Waals surface area (Å²) in [5.74, 6) is 1.30. The Kier molecular flexibility index (Phi) is 4.96. The predicted octanol–water partition coefficient (Wildman–Crippen LogP) is 5.40. The second kappa shape index (κ2) is 6.73. The van der Waals surface area contributed by atoms with Crippen molar-refractivity contribution < 1.29 is 4.74 Å². The van der Waals surface area contributed by atoms with Crippen LogP contribution in [0.1, 0.15) is 13.8 Å². The lowest BCUT2D eigenvalue weighted by molar-refractivity contribution is 0.292. The molecule has 0 radical (unpaired) electrons. The molecule has 106 valence electrons. The van der Waals surface area contributed by atoms with Gasteiger partial charge in [0.15, 0.2) is 0 Å². The van der Waals surface area contributed by atoms with Gasteiger partial charge in [0, 0.05) is 11.0 Å². The Balaban J connectivity index is 1.58. The van der Waals surface area contributed by atoms with Crippen LogP contribution in [0.25, 0.3) is 0 Å². The third kappa shape index (κ3) is 3.53. The van der Waals surface area contributed by atoms with Gasteiger partial charge in [0.2, 0.25) is 5.90 Å². The van der Waals surface area contributed by atoms with Crippen LogP contribution >= 0.6 is 47.0 Å². The van der Waals surface area contributed by atoms with Crippen molar-refractivity contribution in [3.8, 4) is 0 Å². The van der Waals surface area contributed by atoms with Crippen LogP contribution in [0.2, 0.25) is 0 Å². The molecule has 0 aliphatic carbocycles. The maximum Gasteiger partial charge on any atom is 0.209 e. The van der Waals surface area contributed by atoms with E-state index in [0.717, 1.165) is 5.90 Å². The summed E-state index contributed by atoms with van der Waals surface area (Å²) in [6.45, 7) is 5.08. The zero-order valence-corrected chi connectivity index (χ0v) is 14.5. The first-order valence-corrected chi connectivity index (χ1v) is 9.84. The molecule has 0 aromatic heterocycles. The number of nitrogens with zero attached hydrogens (tertiary/aromatic N) is 1. The first-order chi connectivity index (χ1) is 9.72. The van der Waals surface area contributed by atoms with Crippen molar-refractivity contribution in [2.45, 2.75) is 19.9 Å². The second-order valence-corrected chi connectivity index (χ2v) is 9.06. The average Bonchev–Trinajstić information content (AvgIpc) is 3.17. The Hall–Kier alpha value is -0.170. The van der Waals surface area contributed by atoms with Crippen molar-refractivity contribution in [2.75, 3.05) is 6.61 Å². The van der Waals surface area contributed by atoms with Gasteiger partial charge < -0.3 is 4.74 Å². The zero-order valence-electron chi connectivity index (χ0n) is 11.2. The molecule has 3 heterocycles. The first kappa shape index (κ1) is 14.8. The van der Waals surface area contributed by atoms with E-state index in [1.807, 2.05) is 17.8 Å². The minimum atomic E-state index is 0.310. The fourth-order valence-electron chi connectivity index (χ4n) is 1.73. The molecule has 3 rings (SSSR count). The molecule has 6 heteroatoms. The third-order valence-electron chi connectivity index (χ3n) is 2.92. The van der Waals surface area contributed by atoms with Crippen LogP contribution in [0.3, 0.4) is 0 Å². The third-order valence-corrected chi connectivity index (χ3v) is 7.92. The van der Waals surface area contributed by atoms with Crippen LogP contribution in [0.5, 0.6) is 0 Å². The number of thioether (sulfide) groups is 4. The normalized spacial score (nSPS) is 25.9. The lowest BCUT2D eigenvalue weighted by Gasteiger charge is -2.06. The molecule has 0 saturated heterocycles. The second-order valence-electron chi connectivity index (χ2n) is 4.75. The Labute approximate surface area is 136 Å². The van der Waals surface area contributed by atoms with Crippen LogP contribution in [-0.4, -0.2) is 18.5 Å². The minimum Gasteiger partial charge on any atom is -0.476 e. The van der Waals surface area contributed by atoms with E-state index in [9.17, 15) is 0 Å². The van der Waals surface area contributed by atoms with E-state index < -0.39 is 0 Å². The van der Waals surface area contributed by atoms with Gasteiger partial charge in [0.1, 0.15) is 6.61 Å². The van der Waals surface area contributed by atoms with Gasteiger partial charge >= 0.3 is 0 Å². The molecule has 3 aliphatic rings. The molecule has 0 aromatic carbocycles. The van der Waals surface area contributed by atoms with Crippen molar-refractivity contribution in [1.29, 1.82) is 0 Å². The van der Waals surface area contributed by atoms with Crippen molar-refractivity contribution in [3.63, 3.8) is 0 Å². The molecule has 1 atom stereocenters. The van der Waals surface area contributed by atoms with E-state index in [1.165, 1.54) is 13.4 Å². The molecule has 0 saturated carbocycles. The number of allylic oxidation sites excluding steroid dienone is 1. The van der Waals surface area contributed by atoms with Crippen LogP contribution in [0.4, 0.5) is 0 Å². The van der Waals surface area contributed by atoms with E-state index in [1.54, 1.807) is 35.3 Å². The highest BCUT2D eigenvalue weighted by Crippen LogP contribution is 2.53. The molecule has 20 heavy (non-hydrogen) atoms. The smallest absolute Gasteiger partial charge is 0.209 e. The molecule has 2 nitrogen and oxygen atoms in total. The molecule has 0 bridgehead atoms. The molecule has 0 aromatic rings. The maximum absolute atomic E-state index is 5.60. The SMILES string of the molecule is CC(C)[C@H]1COC(/C=C/C2=CSC(=C3SC=CS3)S2)=N1. The van der Waals surface area contributed by atoms with Gasteiger partial charge in [-0.25, -0.2) is 4.99 Å². The Morgan fingerprint density at radius 1 is 1.20 bits per heavy atom. The van der Waals surface area contributed by atoms with Gasteiger partial charge in [-0.15, -0.1) is 0 Å². The van der Waals surface area contributed by atoms with Crippen LogP contribution in [0, 0.1) is 5.92 Å². The molecule has 0 unspecified atom stereocenters. The highest BCUT2D eigenvalue weighted by atomic mass is 32.2. The summed E-state index contributed by atoms with van der Waals surface area (Å²) in [7, 11) is 0. The van der Waals surface area contributed by atoms with Crippen molar-refractivity contribution >= 4 is 52.9 Å². The largest absolute Gasteiger partial charge is 0.476 e. The maximum atomic E-state index is 5.60. The van der Waals surface area contributed by atoms with E-state index >= 15 is 0 Å². The van der Waals surface area contributed by atoms with Gasteiger partial charge in [0.25, 0.3) is 0 Å². The van der Waals surface area contributed by atoms with Crippen molar-refractivity contribution in [3.05, 3.63) is 41.8 Å². The van der Waals surface area contributed by atoms with Gasteiger partial charge in [-0.1, -0.05) is 60.9 Å². The lowest BCUT2D eigenvalue weighted by Crippen LogP contribution is -2.13. The van der Waals surface area contributed by atoms with Crippen LogP contribution in [-0.2, 0) is 4.74 Å². The van der Waals surface area contributed by atoms with E-state index in [-0.39, 0.29) is 0 Å². The summed E-state index contributed by atoms with van der Waals surface area (Å²) in [4.78, 5) is 5.83. The molecule has 0 fully saturated rings. The number of ether oxygens (including phenoxy) is 1. The van der Waals surface area contributed by atoms with E-state index in [2.05, 4.69) is 41.1 Å². The summed E-state index contributed by atoms with van der Waals surface area (Å²) in [6.07, 6.45) is 4.09. The fourth-order valence-corrected chi connectivity index (χ4v) is 6.08. The molecular formula is C14H15NOS4. The van der Waals surface area contributed by atoms with Gasteiger partial charge in [-0.3, -0.25) is 0 Å². The number of hydrogen-bond donors (Lipinski definition) is 0. The van der Waals surface area contributed by atoms with Crippen molar-refractivity contribution in [1.82, 2.24) is 0 Å². The summed E-state index contributed by atoms with van der Waals surface area (Å²) >= 11 is 7.23. The quantitative estimate of drug-likeness (QED) is 0.684. The highest BCUT2D eigenvalue weighted by molar-refractivity contribution is 8.33. The van der Waals surface area contributed by atoms with E-state index in [4.69, 9.17) is 4.74 Å². The lowest BCUT2D eigenvalue weighted by atomic mass is 10.1. The first-order valence-electron chi connectivity index (χ1n) is 6.38. The van der Waals surface area contributed by atoms with Gasteiger partial charge in [0.05, 0.1) is 14.5 Å². The standard InChI is InChI=1S/C14H15NOS4/c1-9(2)11-7-16-12(15-11)4-3-10-8-19-14(20-10)13-17-5-6-18-13/h3-6,8-9,11H,7H2,1-2H3/b4-3+/t11-/m1/s1. The molecule has 0 N–H and O–H groups in total. The average molecular weight is 342 g/mol. The summed E-state index contributed by atoms with van der Waals surface area (Å²) < 4.78 is 8.36. The van der Waals surface area contributed by atoms with Crippen LogP contribution in [0.15, 0.2) is 46.7 Å². The fraction of sp³-hybridized carbons (Fsp3) is 0.357. The predicted molar refractivity (Wildman–Crippen MR) is 95.8 cm³/mol. The summed E-state index contributed by atoms with van der Waals surface area (Å²) in [5, 5.41) is 6.46. The number of rotatable bonds is 3. The molecular weight excluding hydrogens is 326 g/mol. The summed E-state index contributed by atoms with van der Waals surface area (Å²) in [5.41, 5.74) is 0. The molecule has 0 spiro atoms.